The van der Waals surface area contributed by atoms with Crippen LogP contribution in [0.1, 0.15) is 18.6 Å². The summed E-state index contributed by atoms with van der Waals surface area (Å²) in [6, 6.07) is 5.41. The minimum Gasteiger partial charge on any atom is -0.387 e. The summed E-state index contributed by atoms with van der Waals surface area (Å²) in [4.78, 5) is 0. The maximum Gasteiger partial charge on any atom is 0.0915 e. The molecule has 0 amide bonds. The molecule has 100 valence electrons. The van der Waals surface area contributed by atoms with Crippen LogP contribution in [0.15, 0.2) is 18.2 Å². The zero-order chi connectivity index (χ0) is 13.1. The van der Waals surface area contributed by atoms with Crippen LogP contribution in [-0.2, 0) is 4.74 Å². The van der Waals surface area contributed by atoms with Gasteiger partial charge in [-0.05, 0) is 29.7 Å². The molecule has 0 saturated carbocycles. The van der Waals surface area contributed by atoms with Gasteiger partial charge in [-0.25, -0.2) is 0 Å². The Balaban J connectivity index is 1.92. The van der Waals surface area contributed by atoms with Crippen molar-refractivity contribution < 1.29 is 9.84 Å². The van der Waals surface area contributed by atoms with Gasteiger partial charge in [-0.3, -0.25) is 0 Å². The van der Waals surface area contributed by atoms with Gasteiger partial charge in [0.15, 0.2) is 0 Å². The second-order valence-electron chi connectivity index (χ2n) is 4.75. The summed E-state index contributed by atoms with van der Waals surface area (Å²) < 4.78 is 5.36. The number of halogens is 2. The summed E-state index contributed by atoms with van der Waals surface area (Å²) in [6.45, 7) is 4.07. The van der Waals surface area contributed by atoms with E-state index in [2.05, 4.69) is 12.2 Å². The van der Waals surface area contributed by atoms with Crippen LogP contribution in [0.3, 0.4) is 0 Å². The average molecular weight is 290 g/mol. The number of hydrogen-bond donors (Lipinski definition) is 2. The topological polar surface area (TPSA) is 41.5 Å². The Labute approximate surface area is 117 Å². The maximum absolute atomic E-state index is 10.1. The quantitative estimate of drug-likeness (QED) is 0.895. The minimum absolute atomic E-state index is 0.300. The smallest absolute Gasteiger partial charge is 0.0915 e. The molecule has 1 heterocycles. The molecule has 0 radical (unpaired) electrons. The third kappa shape index (κ3) is 3.59. The van der Waals surface area contributed by atoms with Crippen molar-refractivity contribution in [2.45, 2.75) is 19.1 Å². The van der Waals surface area contributed by atoms with E-state index in [0.29, 0.717) is 35.2 Å². The second-order valence-corrected chi connectivity index (χ2v) is 5.62. The van der Waals surface area contributed by atoms with Gasteiger partial charge in [0.1, 0.15) is 0 Å². The van der Waals surface area contributed by atoms with E-state index in [0.717, 1.165) is 12.2 Å². The van der Waals surface area contributed by atoms with Crippen LogP contribution in [-0.4, -0.2) is 30.9 Å². The summed E-state index contributed by atoms with van der Waals surface area (Å²) in [5.41, 5.74) is 0.728. The summed E-state index contributed by atoms with van der Waals surface area (Å²) in [6.07, 6.45) is -0.617. The van der Waals surface area contributed by atoms with Gasteiger partial charge in [0.2, 0.25) is 0 Å². The lowest BCUT2D eigenvalue weighted by atomic mass is 10.1. The Morgan fingerprint density at radius 3 is 2.56 bits per heavy atom. The summed E-state index contributed by atoms with van der Waals surface area (Å²) in [7, 11) is 0. The lowest BCUT2D eigenvalue weighted by Crippen LogP contribution is -2.37. The summed E-state index contributed by atoms with van der Waals surface area (Å²) in [5.74, 6) is 0.472. The van der Waals surface area contributed by atoms with Crippen LogP contribution in [0.4, 0.5) is 0 Å². The first-order valence-corrected chi connectivity index (χ1v) is 6.77. The molecule has 3 nitrogen and oxygen atoms in total. The van der Waals surface area contributed by atoms with E-state index in [9.17, 15) is 5.11 Å². The number of hydrogen-bond acceptors (Lipinski definition) is 3. The predicted octanol–water partition coefficient (Wildman–Crippen LogP) is 2.65. The van der Waals surface area contributed by atoms with Crippen molar-refractivity contribution in [2.24, 2.45) is 5.92 Å². The highest BCUT2D eigenvalue weighted by atomic mass is 35.5. The van der Waals surface area contributed by atoms with E-state index >= 15 is 0 Å². The lowest BCUT2D eigenvalue weighted by molar-refractivity contribution is 0.161. The SMILES string of the molecule is CC1COCC1NCC(O)c1cc(Cl)cc(Cl)c1. The highest BCUT2D eigenvalue weighted by molar-refractivity contribution is 6.34. The Morgan fingerprint density at radius 2 is 2.00 bits per heavy atom. The second kappa shape index (κ2) is 6.22. The molecule has 3 atom stereocenters. The van der Waals surface area contributed by atoms with Crippen molar-refractivity contribution in [3.05, 3.63) is 33.8 Å². The molecule has 1 aromatic carbocycles. The van der Waals surface area contributed by atoms with Crippen LogP contribution in [0.5, 0.6) is 0 Å². The third-order valence-corrected chi connectivity index (χ3v) is 3.64. The first-order valence-electron chi connectivity index (χ1n) is 6.01. The molecular weight excluding hydrogens is 273 g/mol. The van der Waals surface area contributed by atoms with Crippen LogP contribution >= 0.6 is 23.2 Å². The molecule has 1 aliphatic heterocycles. The normalized spacial score (nSPS) is 25.3. The zero-order valence-electron chi connectivity index (χ0n) is 10.2. The standard InChI is InChI=1S/C13H17Cl2NO2/c1-8-6-18-7-12(8)16-5-13(17)9-2-10(14)4-11(15)3-9/h2-4,8,12-13,16-17H,5-7H2,1H3. The number of aliphatic hydroxyl groups is 1. The van der Waals surface area contributed by atoms with E-state index in [1.54, 1.807) is 18.2 Å². The summed E-state index contributed by atoms with van der Waals surface area (Å²) in [5, 5.41) is 14.5. The predicted molar refractivity (Wildman–Crippen MR) is 73.2 cm³/mol. The molecule has 0 bridgehead atoms. The van der Waals surface area contributed by atoms with Crippen LogP contribution in [0.25, 0.3) is 0 Å². The van der Waals surface area contributed by atoms with E-state index in [1.807, 2.05) is 0 Å². The fourth-order valence-corrected chi connectivity index (χ4v) is 2.61. The third-order valence-electron chi connectivity index (χ3n) is 3.21. The largest absolute Gasteiger partial charge is 0.387 e. The summed E-state index contributed by atoms with van der Waals surface area (Å²) >= 11 is 11.8. The van der Waals surface area contributed by atoms with Gasteiger partial charge in [0, 0.05) is 22.6 Å². The Morgan fingerprint density at radius 1 is 1.33 bits per heavy atom. The van der Waals surface area contributed by atoms with E-state index < -0.39 is 6.10 Å². The van der Waals surface area contributed by atoms with Gasteiger partial charge in [-0.15, -0.1) is 0 Å². The molecule has 1 aliphatic rings. The Kier molecular flexibility index (Phi) is 4.87. The molecular formula is C13H17Cl2NO2. The van der Waals surface area contributed by atoms with Crippen molar-refractivity contribution in [1.82, 2.24) is 5.32 Å². The monoisotopic (exact) mass is 289 g/mol. The van der Waals surface area contributed by atoms with Gasteiger partial charge in [-0.2, -0.15) is 0 Å². The number of aliphatic hydroxyl groups excluding tert-OH is 1. The van der Waals surface area contributed by atoms with Crippen molar-refractivity contribution in [1.29, 1.82) is 0 Å². The Bertz CT molecular complexity index is 394. The van der Waals surface area contributed by atoms with Gasteiger partial charge in [0.05, 0.1) is 19.3 Å². The van der Waals surface area contributed by atoms with Crippen molar-refractivity contribution in [2.75, 3.05) is 19.8 Å². The molecule has 1 fully saturated rings. The van der Waals surface area contributed by atoms with Gasteiger partial charge in [-0.1, -0.05) is 30.1 Å². The molecule has 1 aromatic rings. The fraction of sp³-hybridized carbons (Fsp3) is 0.538. The molecule has 3 unspecified atom stereocenters. The average Bonchev–Trinajstić information content (AvgIpc) is 2.70. The number of benzene rings is 1. The molecule has 1 saturated heterocycles. The van der Waals surface area contributed by atoms with Crippen LogP contribution < -0.4 is 5.32 Å². The zero-order valence-corrected chi connectivity index (χ0v) is 11.7. The molecule has 0 spiro atoms. The van der Waals surface area contributed by atoms with E-state index in [4.69, 9.17) is 27.9 Å². The van der Waals surface area contributed by atoms with Crippen molar-refractivity contribution in [3.8, 4) is 0 Å². The van der Waals surface area contributed by atoms with E-state index in [1.165, 1.54) is 0 Å². The van der Waals surface area contributed by atoms with Crippen LogP contribution in [0.2, 0.25) is 10.0 Å². The number of nitrogens with one attached hydrogen (secondary N) is 1. The number of rotatable bonds is 4. The highest BCUT2D eigenvalue weighted by Crippen LogP contribution is 2.23. The maximum atomic E-state index is 10.1. The minimum atomic E-state index is -0.617. The van der Waals surface area contributed by atoms with Crippen molar-refractivity contribution in [3.63, 3.8) is 0 Å². The van der Waals surface area contributed by atoms with Gasteiger partial charge in [0.25, 0.3) is 0 Å². The van der Waals surface area contributed by atoms with Crippen molar-refractivity contribution >= 4 is 23.2 Å². The number of ether oxygens (including phenoxy) is 1. The fourth-order valence-electron chi connectivity index (χ4n) is 2.07. The molecule has 2 rings (SSSR count). The highest BCUT2D eigenvalue weighted by Gasteiger charge is 2.24. The van der Waals surface area contributed by atoms with E-state index in [-0.39, 0.29) is 0 Å². The first kappa shape index (κ1) is 14.1. The van der Waals surface area contributed by atoms with Crippen LogP contribution in [0, 0.1) is 5.92 Å². The Hall–Kier alpha value is -0.320. The molecule has 18 heavy (non-hydrogen) atoms. The molecule has 2 N–H and O–H groups in total. The molecule has 0 aliphatic carbocycles. The molecule has 0 aromatic heterocycles. The molecule has 5 heteroatoms. The first-order chi connectivity index (χ1) is 8.56. The van der Waals surface area contributed by atoms with Gasteiger partial charge >= 0.3 is 0 Å². The van der Waals surface area contributed by atoms with Gasteiger partial charge < -0.3 is 15.2 Å². The lowest BCUT2D eigenvalue weighted by Gasteiger charge is -2.18.